The molecule has 8 heteroatoms. The lowest BCUT2D eigenvalue weighted by atomic mass is 9.88. The molecule has 2 rings (SSSR count). The molecule has 1 aliphatic rings. The van der Waals surface area contributed by atoms with Gasteiger partial charge in [-0.1, -0.05) is 18.2 Å². The van der Waals surface area contributed by atoms with Gasteiger partial charge in [0.2, 0.25) is 11.6 Å². The average Bonchev–Trinajstić information content (AvgIpc) is 2.55. The molecule has 6 N–H and O–H groups in total. The minimum atomic E-state index is -2.55. The zero-order chi connectivity index (χ0) is 16.3. The van der Waals surface area contributed by atoms with Gasteiger partial charge in [0.25, 0.3) is 0 Å². The molecule has 0 aliphatic carbocycles. The number of Topliss-reactive ketones (excluding diaryl/α,β-unsaturated/α-hetero) is 1. The number of carbonyl (C=O) groups is 1. The Bertz CT molecular complexity index is 509. The first kappa shape index (κ1) is 16.8. The van der Waals surface area contributed by atoms with Crippen molar-refractivity contribution in [3.63, 3.8) is 0 Å². The van der Waals surface area contributed by atoms with Crippen LogP contribution >= 0.6 is 0 Å². The van der Waals surface area contributed by atoms with Crippen LogP contribution in [0.5, 0.6) is 5.75 Å². The summed E-state index contributed by atoms with van der Waals surface area (Å²) < 4.78 is 10.2. The van der Waals surface area contributed by atoms with E-state index in [4.69, 9.17) is 20.3 Å². The SMILES string of the molecule is N[C@@H]1[C@@H](O)[C@H](O)[C@@H](CO)OC1(O)C(=O)COc1ccccc1. The second-order valence-corrected chi connectivity index (χ2v) is 5.07. The van der Waals surface area contributed by atoms with Crippen LogP contribution in [-0.4, -0.2) is 69.6 Å². The first-order chi connectivity index (χ1) is 10.4. The van der Waals surface area contributed by atoms with Crippen molar-refractivity contribution < 1.29 is 34.7 Å². The fraction of sp³-hybridized carbons (Fsp3) is 0.500. The third-order valence-electron chi connectivity index (χ3n) is 3.57. The van der Waals surface area contributed by atoms with E-state index in [2.05, 4.69) is 0 Å². The Morgan fingerprint density at radius 1 is 1.27 bits per heavy atom. The molecular formula is C14H19NO7. The maximum absolute atomic E-state index is 12.2. The standard InChI is InChI=1S/C14H19NO7/c15-13-12(19)11(18)9(6-16)22-14(13,20)10(17)7-21-8-4-2-1-3-5-8/h1-5,9,11-13,16,18-20H,6-7,15H2/t9-,11-,12+,13-,14?/m1/s1. The molecule has 0 bridgehead atoms. The number of para-hydroxylation sites is 1. The van der Waals surface area contributed by atoms with Crippen molar-refractivity contribution in [2.24, 2.45) is 5.73 Å². The van der Waals surface area contributed by atoms with Gasteiger partial charge in [0.05, 0.1) is 12.6 Å². The van der Waals surface area contributed by atoms with E-state index in [9.17, 15) is 20.1 Å². The number of rotatable bonds is 5. The highest BCUT2D eigenvalue weighted by Crippen LogP contribution is 2.28. The fourth-order valence-electron chi connectivity index (χ4n) is 2.21. The molecule has 1 aromatic carbocycles. The maximum atomic E-state index is 12.2. The van der Waals surface area contributed by atoms with Crippen molar-refractivity contribution >= 4 is 5.78 Å². The summed E-state index contributed by atoms with van der Waals surface area (Å²) in [6.07, 6.45) is -4.47. The van der Waals surface area contributed by atoms with Gasteiger partial charge in [0.1, 0.15) is 24.1 Å². The lowest BCUT2D eigenvalue weighted by molar-refractivity contribution is -0.298. The first-order valence-corrected chi connectivity index (χ1v) is 6.74. The van der Waals surface area contributed by atoms with E-state index in [1.54, 1.807) is 30.3 Å². The monoisotopic (exact) mass is 313 g/mol. The molecule has 22 heavy (non-hydrogen) atoms. The summed E-state index contributed by atoms with van der Waals surface area (Å²) in [7, 11) is 0. The molecule has 5 atom stereocenters. The van der Waals surface area contributed by atoms with E-state index in [1.165, 1.54) is 0 Å². The average molecular weight is 313 g/mol. The van der Waals surface area contributed by atoms with Gasteiger partial charge in [-0.2, -0.15) is 0 Å². The number of benzene rings is 1. The van der Waals surface area contributed by atoms with Crippen LogP contribution in [0.25, 0.3) is 0 Å². The van der Waals surface area contributed by atoms with Crippen LogP contribution in [0, 0.1) is 0 Å². The Morgan fingerprint density at radius 2 is 1.91 bits per heavy atom. The number of carbonyl (C=O) groups excluding carboxylic acids is 1. The molecule has 0 spiro atoms. The van der Waals surface area contributed by atoms with E-state index in [-0.39, 0.29) is 0 Å². The summed E-state index contributed by atoms with van der Waals surface area (Å²) in [5, 5.41) is 38.9. The summed E-state index contributed by atoms with van der Waals surface area (Å²) >= 11 is 0. The maximum Gasteiger partial charge on any atom is 0.248 e. The second kappa shape index (κ2) is 6.69. The van der Waals surface area contributed by atoms with Crippen LogP contribution < -0.4 is 10.5 Å². The molecule has 1 fully saturated rings. The van der Waals surface area contributed by atoms with Gasteiger partial charge in [0, 0.05) is 0 Å². The van der Waals surface area contributed by atoms with Crippen LogP contribution in [0.2, 0.25) is 0 Å². The molecule has 1 saturated heterocycles. The van der Waals surface area contributed by atoms with Crippen LogP contribution in [0.4, 0.5) is 0 Å². The van der Waals surface area contributed by atoms with Gasteiger partial charge in [0.15, 0.2) is 6.61 Å². The third-order valence-corrected chi connectivity index (χ3v) is 3.57. The molecule has 0 saturated carbocycles. The predicted molar refractivity (Wildman–Crippen MR) is 73.8 cm³/mol. The zero-order valence-electron chi connectivity index (χ0n) is 11.7. The molecular weight excluding hydrogens is 294 g/mol. The largest absolute Gasteiger partial charge is 0.486 e. The minimum Gasteiger partial charge on any atom is -0.486 e. The van der Waals surface area contributed by atoms with E-state index >= 15 is 0 Å². The van der Waals surface area contributed by atoms with Crippen LogP contribution in [0.15, 0.2) is 30.3 Å². The minimum absolute atomic E-state index is 0.406. The summed E-state index contributed by atoms with van der Waals surface area (Å²) in [5.41, 5.74) is 5.59. The van der Waals surface area contributed by atoms with Crippen LogP contribution in [0.3, 0.4) is 0 Å². The summed E-state index contributed by atoms with van der Waals surface area (Å²) in [4.78, 5) is 12.2. The fourth-order valence-corrected chi connectivity index (χ4v) is 2.21. The Kier molecular flexibility index (Phi) is 5.12. The number of hydrogen-bond donors (Lipinski definition) is 5. The molecule has 1 heterocycles. The van der Waals surface area contributed by atoms with Gasteiger partial charge in [-0.05, 0) is 12.1 Å². The van der Waals surface area contributed by atoms with E-state index < -0.39 is 49.1 Å². The molecule has 0 radical (unpaired) electrons. The zero-order valence-corrected chi connectivity index (χ0v) is 11.7. The smallest absolute Gasteiger partial charge is 0.248 e. The highest BCUT2D eigenvalue weighted by molar-refractivity contribution is 5.88. The van der Waals surface area contributed by atoms with Crippen molar-refractivity contribution in [3.8, 4) is 5.75 Å². The van der Waals surface area contributed by atoms with E-state index in [0.29, 0.717) is 5.75 Å². The van der Waals surface area contributed by atoms with E-state index in [0.717, 1.165) is 0 Å². The van der Waals surface area contributed by atoms with Gasteiger partial charge < -0.3 is 35.6 Å². The lowest BCUT2D eigenvalue weighted by Gasteiger charge is -2.44. The number of aliphatic hydroxyl groups excluding tert-OH is 3. The molecule has 122 valence electrons. The Hall–Kier alpha value is -1.55. The number of ether oxygens (including phenoxy) is 2. The van der Waals surface area contributed by atoms with Gasteiger partial charge in [-0.15, -0.1) is 0 Å². The van der Waals surface area contributed by atoms with Gasteiger partial charge in [-0.3, -0.25) is 4.79 Å². The quantitative estimate of drug-likeness (QED) is 0.411. The molecule has 1 aromatic rings. The highest BCUT2D eigenvalue weighted by atomic mass is 16.7. The topological polar surface area (TPSA) is 142 Å². The second-order valence-electron chi connectivity index (χ2n) is 5.07. The van der Waals surface area contributed by atoms with Crippen molar-refractivity contribution in [2.75, 3.05) is 13.2 Å². The molecule has 8 nitrogen and oxygen atoms in total. The third kappa shape index (κ3) is 3.12. The van der Waals surface area contributed by atoms with Crippen molar-refractivity contribution in [3.05, 3.63) is 30.3 Å². The number of nitrogens with two attached hydrogens (primary N) is 1. The van der Waals surface area contributed by atoms with Crippen LogP contribution in [0.1, 0.15) is 0 Å². The number of aliphatic hydroxyl groups is 4. The van der Waals surface area contributed by atoms with E-state index in [1.807, 2.05) is 0 Å². The first-order valence-electron chi connectivity index (χ1n) is 6.74. The van der Waals surface area contributed by atoms with Crippen molar-refractivity contribution in [1.29, 1.82) is 0 Å². The molecule has 1 aliphatic heterocycles. The highest BCUT2D eigenvalue weighted by Gasteiger charge is 2.55. The van der Waals surface area contributed by atoms with Gasteiger partial charge >= 0.3 is 0 Å². The predicted octanol–water partition coefficient (Wildman–Crippen LogP) is -2.24. The Balaban J connectivity index is 2.09. The summed E-state index contributed by atoms with van der Waals surface area (Å²) in [5.74, 6) is -3.07. The Labute approximate surface area is 126 Å². The van der Waals surface area contributed by atoms with Crippen LogP contribution in [-0.2, 0) is 9.53 Å². The summed E-state index contributed by atoms with van der Waals surface area (Å²) in [6.45, 7) is -1.24. The number of ketones is 1. The number of hydrogen-bond acceptors (Lipinski definition) is 8. The molecule has 0 amide bonds. The van der Waals surface area contributed by atoms with Gasteiger partial charge in [-0.25, -0.2) is 0 Å². The lowest BCUT2D eigenvalue weighted by Crippen LogP contribution is -2.71. The van der Waals surface area contributed by atoms with Crippen molar-refractivity contribution in [2.45, 2.75) is 30.1 Å². The molecule has 1 unspecified atom stereocenters. The van der Waals surface area contributed by atoms with Crippen molar-refractivity contribution in [1.82, 2.24) is 0 Å². The normalized spacial score (nSPS) is 35.1. The summed E-state index contributed by atoms with van der Waals surface area (Å²) in [6, 6.07) is 6.85. The molecule has 0 aromatic heterocycles. The Morgan fingerprint density at radius 3 is 2.50 bits per heavy atom.